The summed E-state index contributed by atoms with van der Waals surface area (Å²) in [5.41, 5.74) is 3.49. The third-order valence-electron chi connectivity index (χ3n) is 6.02. The second-order valence-corrected chi connectivity index (χ2v) is 9.05. The van der Waals surface area contributed by atoms with Crippen molar-refractivity contribution in [1.82, 2.24) is 9.88 Å². The number of ether oxygens (including phenoxy) is 1. The van der Waals surface area contributed by atoms with Crippen molar-refractivity contribution in [3.05, 3.63) is 84.0 Å². The second kappa shape index (κ2) is 9.62. The molecule has 0 spiro atoms. The molecule has 0 unspecified atom stereocenters. The van der Waals surface area contributed by atoms with Crippen molar-refractivity contribution in [2.24, 2.45) is 0 Å². The minimum atomic E-state index is -0.759. The minimum Gasteiger partial charge on any atom is -0.494 e. The molecule has 1 aliphatic rings. The molecule has 6 nitrogen and oxygen atoms in total. The summed E-state index contributed by atoms with van der Waals surface area (Å²) in [6.07, 6.45) is 4.25. The average molecular weight is 471 g/mol. The average Bonchev–Trinajstić information content (AvgIpc) is 3.01. The number of thiocarbonyl (C=S) groups is 1. The van der Waals surface area contributed by atoms with Gasteiger partial charge in [0.25, 0.3) is 5.91 Å². The van der Waals surface area contributed by atoms with Crippen molar-refractivity contribution < 1.29 is 9.53 Å². The van der Waals surface area contributed by atoms with Crippen molar-refractivity contribution in [2.45, 2.75) is 32.7 Å². The molecular weight excluding hydrogens is 444 g/mol. The van der Waals surface area contributed by atoms with Gasteiger partial charge in [-0.1, -0.05) is 18.2 Å². The summed E-state index contributed by atoms with van der Waals surface area (Å²) in [7, 11) is 0. The standard InChI is InChI=1S/C27H26N4O2S/c1-19-17-22(9-10-24(19)28-4)31-25(32)27(2,3)30(26(31)34)15-6-16-33-23-8-5-7-21(18-23)20-11-13-29-14-12-20/h5,7-14,17-18H,6,15-16H2,1-3H3. The normalized spacial score (nSPS) is 14.9. The van der Waals surface area contributed by atoms with E-state index < -0.39 is 5.54 Å². The first-order chi connectivity index (χ1) is 16.3. The van der Waals surface area contributed by atoms with E-state index in [1.54, 1.807) is 29.4 Å². The molecule has 0 bridgehead atoms. The van der Waals surface area contributed by atoms with Gasteiger partial charge in [0.1, 0.15) is 11.3 Å². The molecule has 1 aromatic heterocycles. The molecule has 0 aliphatic carbocycles. The van der Waals surface area contributed by atoms with E-state index in [0.717, 1.165) is 22.4 Å². The van der Waals surface area contributed by atoms with E-state index in [-0.39, 0.29) is 5.91 Å². The first-order valence-corrected chi connectivity index (χ1v) is 11.5. The van der Waals surface area contributed by atoms with E-state index in [1.165, 1.54) is 0 Å². The van der Waals surface area contributed by atoms with Gasteiger partial charge in [-0.2, -0.15) is 0 Å². The summed E-state index contributed by atoms with van der Waals surface area (Å²) in [5.74, 6) is 0.726. The van der Waals surface area contributed by atoms with E-state index in [9.17, 15) is 4.79 Å². The molecule has 34 heavy (non-hydrogen) atoms. The van der Waals surface area contributed by atoms with Crippen LogP contribution in [0.4, 0.5) is 11.4 Å². The zero-order valence-electron chi connectivity index (χ0n) is 19.5. The number of aromatic nitrogens is 1. The van der Waals surface area contributed by atoms with Crippen LogP contribution >= 0.6 is 12.2 Å². The Bertz CT molecular complexity index is 1270. The topological polar surface area (TPSA) is 50.0 Å². The van der Waals surface area contributed by atoms with Crippen LogP contribution < -0.4 is 9.64 Å². The molecule has 0 saturated carbocycles. The Balaban J connectivity index is 1.40. The SMILES string of the molecule is [C-]#[N+]c1ccc(N2C(=O)C(C)(C)N(CCCOc3cccc(-c4ccncc4)c3)C2=S)cc1C. The van der Waals surface area contributed by atoms with Crippen LogP contribution in [0.2, 0.25) is 0 Å². The number of carbonyl (C=O) groups is 1. The molecular formula is C27H26N4O2S. The van der Waals surface area contributed by atoms with E-state index in [0.29, 0.717) is 36.1 Å². The lowest BCUT2D eigenvalue weighted by Crippen LogP contribution is -2.44. The Morgan fingerprint density at radius 2 is 1.85 bits per heavy atom. The monoisotopic (exact) mass is 470 g/mol. The van der Waals surface area contributed by atoms with Crippen LogP contribution in [0.15, 0.2) is 67.0 Å². The van der Waals surface area contributed by atoms with E-state index in [2.05, 4.69) is 9.83 Å². The first-order valence-electron chi connectivity index (χ1n) is 11.1. The number of pyridine rings is 1. The summed E-state index contributed by atoms with van der Waals surface area (Å²) in [5, 5.41) is 0.477. The second-order valence-electron chi connectivity index (χ2n) is 8.68. The maximum atomic E-state index is 13.2. The summed E-state index contributed by atoms with van der Waals surface area (Å²) in [6, 6.07) is 17.3. The highest BCUT2D eigenvalue weighted by molar-refractivity contribution is 7.80. The van der Waals surface area contributed by atoms with Crippen LogP contribution in [0, 0.1) is 13.5 Å². The van der Waals surface area contributed by atoms with Crippen LogP contribution in [-0.2, 0) is 4.79 Å². The minimum absolute atomic E-state index is 0.0709. The van der Waals surface area contributed by atoms with E-state index in [1.807, 2.05) is 68.1 Å². The molecule has 1 aliphatic heterocycles. The third kappa shape index (κ3) is 4.50. The number of amides is 1. The highest BCUT2D eigenvalue weighted by atomic mass is 32.1. The fourth-order valence-corrected chi connectivity index (χ4v) is 4.57. The quantitative estimate of drug-likeness (QED) is 0.249. The van der Waals surface area contributed by atoms with Crippen LogP contribution in [0.1, 0.15) is 25.8 Å². The molecule has 2 aromatic carbocycles. The number of benzene rings is 2. The van der Waals surface area contributed by atoms with Crippen molar-refractivity contribution in [1.29, 1.82) is 0 Å². The molecule has 0 atom stereocenters. The Morgan fingerprint density at radius 3 is 2.56 bits per heavy atom. The van der Waals surface area contributed by atoms with Gasteiger partial charge in [0.15, 0.2) is 10.8 Å². The molecule has 0 N–H and O–H groups in total. The molecule has 0 radical (unpaired) electrons. The van der Waals surface area contributed by atoms with Crippen LogP contribution in [0.5, 0.6) is 5.75 Å². The Hall–Kier alpha value is -3.76. The molecule has 4 rings (SSSR count). The first kappa shape index (κ1) is 23.4. The zero-order chi connectivity index (χ0) is 24.3. The van der Waals surface area contributed by atoms with Crippen molar-refractivity contribution in [2.75, 3.05) is 18.1 Å². The summed E-state index contributed by atoms with van der Waals surface area (Å²) in [6.45, 7) is 14.0. The molecule has 1 saturated heterocycles. The lowest BCUT2D eigenvalue weighted by Gasteiger charge is -2.29. The van der Waals surface area contributed by atoms with Crippen molar-refractivity contribution >= 4 is 34.6 Å². The fourth-order valence-electron chi connectivity index (χ4n) is 4.07. The number of hydrogen-bond acceptors (Lipinski definition) is 4. The zero-order valence-corrected chi connectivity index (χ0v) is 20.3. The van der Waals surface area contributed by atoms with Gasteiger partial charge in [-0.05, 0) is 92.5 Å². The summed E-state index contributed by atoms with van der Waals surface area (Å²) >= 11 is 5.71. The predicted octanol–water partition coefficient (Wildman–Crippen LogP) is 5.79. The lowest BCUT2D eigenvalue weighted by molar-refractivity contribution is -0.123. The van der Waals surface area contributed by atoms with Gasteiger partial charge in [0, 0.05) is 24.6 Å². The van der Waals surface area contributed by atoms with E-state index >= 15 is 0 Å². The largest absolute Gasteiger partial charge is 0.494 e. The van der Waals surface area contributed by atoms with Gasteiger partial charge in [-0.3, -0.25) is 14.7 Å². The predicted molar refractivity (Wildman–Crippen MR) is 138 cm³/mol. The van der Waals surface area contributed by atoms with Crippen LogP contribution in [0.25, 0.3) is 16.0 Å². The fraction of sp³-hybridized carbons (Fsp3) is 0.259. The Labute approximate surface area is 205 Å². The smallest absolute Gasteiger partial charge is 0.258 e. The van der Waals surface area contributed by atoms with Gasteiger partial charge in [0.2, 0.25) is 0 Å². The molecule has 172 valence electrons. The maximum Gasteiger partial charge on any atom is 0.258 e. The van der Waals surface area contributed by atoms with E-state index in [4.69, 9.17) is 23.5 Å². The van der Waals surface area contributed by atoms with Gasteiger partial charge < -0.3 is 9.64 Å². The van der Waals surface area contributed by atoms with Crippen LogP contribution in [0.3, 0.4) is 0 Å². The molecule has 2 heterocycles. The third-order valence-corrected chi connectivity index (χ3v) is 6.43. The summed E-state index contributed by atoms with van der Waals surface area (Å²) in [4.78, 5) is 24.3. The highest BCUT2D eigenvalue weighted by Crippen LogP contribution is 2.34. The molecule has 1 fully saturated rings. The number of rotatable bonds is 7. The Kier molecular flexibility index (Phi) is 6.62. The number of hydrogen-bond donors (Lipinski definition) is 0. The summed E-state index contributed by atoms with van der Waals surface area (Å²) < 4.78 is 6.00. The molecule has 7 heteroatoms. The van der Waals surface area contributed by atoms with Crippen LogP contribution in [-0.4, -0.2) is 39.6 Å². The van der Waals surface area contributed by atoms with Crippen molar-refractivity contribution in [3.8, 4) is 16.9 Å². The molecule has 1 amide bonds. The molecule has 3 aromatic rings. The number of anilines is 1. The maximum absolute atomic E-state index is 13.2. The number of aryl methyl sites for hydroxylation is 1. The van der Waals surface area contributed by atoms with Gasteiger partial charge in [0.05, 0.1) is 13.2 Å². The van der Waals surface area contributed by atoms with Gasteiger partial charge in [-0.25, -0.2) is 4.85 Å². The number of nitrogens with zero attached hydrogens (tertiary/aromatic N) is 4. The number of carbonyl (C=O) groups excluding carboxylic acids is 1. The highest BCUT2D eigenvalue weighted by Gasteiger charge is 2.49. The van der Waals surface area contributed by atoms with Gasteiger partial charge in [-0.15, -0.1) is 0 Å². The Morgan fingerprint density at radius 1 is 1.09 bits per heavy atom. The lowest BCUT2D eigenvalue weighted by atomic mass is 10.0. The van der Waals surface area contributed by atoms with Gasteiger partial charge >= 0.3 is 0 Å². The van der Waals surface area contributed by atoms with Crippen molar-refractivity contribution in [3.63, 3.8) is 0 Å².